The molecule has 5 nitrogen and oxygen atoms in total. The summed E-state index contributed by atoms with van der Waals surface area (Å²) in [5.74, 6) is -0.883. The number of aryl methyl sites for hydroxylation is 1. The number of carbonyl (C=O) groups is 2. The fraction of sp³-hybridized carbons (Fsp3) is 0.421. The summed E-state index contributed by atoms with van der Waals surface area (Å²) >= 11 is 1.44. The van der Waals surface area contributed by atoms with Gasteiger partial charge in [-0.25, -0.2) is 4.98 Å². The molecule has 2 heterocycles. The summed E-state index contributed by atoms with van der Waals surface area (Å²) in [6, 6.07) is 9.78. The lowest BCUT2D eigenvalue weighted by Crippen LogP contribution is -2.39. The number of carbonyl (C=O) groups excluding carboxylic acids is 1. The van der Waals surface area contributed by atoms with Crippen LogP contribution in [0, 0.1) is 18.3 Å². The highest BCUT2D eigenvalue weighted by Gasteiger charge is 2.59. The van der Waals surface area contributed by atoms with Gasteiger partial charge in [-0.2, -0.15) is 0 Å². The molecule has 1 aromatic heterocycles. The van der Waals surface area contributed by atoms with Gasteiger partial charge in [0.2, 0.25) is 0 Å². The topological polar surface area (TPSA) is 70.5 Å². The van der Waals surface area contributed by atoms with Gasteiger partial charge in [0.05, 0.1) is 16.6 Å². The molecule has 2 aliphatic rings. The molecule has 4 rings (SSSR count). The van der Waals surface area contributed by atoms with Crippen LogP contribution >= 0.6 is 11.3 Å². The average molecular weight is 356 g/mol. The Kier molecular flexibility index (Phi) is 3.87. The van der Waals surface area contributed by atoms with Crippen LogP contribution < -0.4 is 0 Å². The Morgan fingerprint density at radius 2 is 1.92 bits per heavy atom. The lowest BCUT2D eigenvalue weighted by atomic mass is 9.90. The molecule has 1 amide bonds. The van der Waals surface area contributed by atoms with E-state index in [4.69, 9.17) is 0 Å². The Morgan fingerprint density at radius 1 is 1.24 bits per heavy atom. The second-order valence-electron chi connectivity index (χ2n) is 7.03. The average Bonchev–Trinajstić information content (AvgIpc) is 3.18. The summed E-state index contributed by atoms with van der Waals surface area (Å²) in [4.78, 5) is 31.3. The molecule has 1 atom stereocenters. The maximum atomic E-state index is 13.0. The predicted molar refractivity (Wildman–Crippen MR) is 95.6 cm³/mol. The van der Waals surface area contributed by atoms with Crippen LogP contribution in [0.15, 0.2) is 30.3 Å². The van der Waals surface area contributed by atoms with Gasteiger partial charge in [0.1, 0.15) is 4.88 Å². The van der Waals surface area contributed by atoms with Crippen LogP contribution in [0.1, 0.15) is 33.9 Å². The van der Waals surface area contributed by atoms with Gasteiger partial charge >= 0.3 is 5.97 Å². The molecule has 2 fully saturated rings. The highest BCUT2D eigenvalue weighted by atomic mass is 32.1. The van der Waals surface area contributed by atoms with E-state index < -0.39 is 5.97 Å². The van der Waals surface area contributed by atoms with Gasteiger partial charge < -0.3 is 10.0 Å². The Hall–Kier alpha value is -2.21. The summed E-state index contributed by atoms with van der Waals surface area (Å²) in [6.07, 6.45) is 2.33. The van der Waals surface area contributed by atoms with E-state index >= 15 is 0 Å². The van der Waals surface area contributed by atoms with Crippen molar-refractivity contribution in [3.63, 3.8) is 0 Å². The third-order valence-corrected chi connectivity index (χ3v) is 6.47. The molecule has 1 unspecified atom stereocenters. The first-order valence-corrected chi connectivity index (χ1v) is 9.37. The van der Waals surface area contributed by atoms with Crippen molar-refractivity contribution in [2.45, 2.75) is 26.2 Å². The van der Waals surface area contributed by atoms with Crippen molar-refractivity contribution >= 4 is 23.2 Å². The van der Waals surface area contributed by atoms with E-state index in [1.165, 1.54) is 11.3 Å². The van der Waals surface area contributed by atoms with Crippen LogP contribution in [0.4, 0.5) is 0 Å². The monoisotopic (exact) mass is 356 g/mol. The molecule has 6 heteroatoms. The minimum Gasteiger partial charge on any atom is -0.481 e. The number of nitrogens with zero attached hydrogens (tertiary/aromatic N) is 2. The Labute approximate surface area is 150 Å². The van der Waals surface area contributed by atoms with Gasteiger partial charge in [0.25, 0.3) is 5.91 Å². The van der Waals surface area contributed by atoms with Gasteiger partial charge in [-0.1, -0.05) is 30.3 Å². The van der Waals surface area contributed by atoms with E-state index in [9.17, 15) is 14.7 Å². The van der Waals surface area contributed by atoms with Crippen LogP contribution in [-0.4, -0.2) is 40.0 Å². The highest BCUT2D eigenvalue weighted by molar-refractivity contribution is 7.14. The van der Waals surface area contributed by atoms with Gasteiger partial charge in [-0.15, -0.1) is 11.3 Å². The summed E-state index contributed by atoms with van der Waals surface area (Å²) in [5, 5.41) is 10.1. The molecule has 25 heavy (non-hydrogen) atoms. The molecule has 1 saturated heterocycles. The number of thiazole rings is 1. The number of aromatic nitrogens is 1. The Morgan fingerprint density at radius 3 is 2.52 bits per heavy atom. The van der Waals surface area contributed by atoms with Crippen molar-refractivity contribution in [2.75, 3.05) is 13.1 Å². The van der Waals surface area contributed by atoms with Gasteiger partial charge in [0, 0.05) is 18.7 Å². The molecule has 1 N–H and O–H groups in total. The zero-order valence-corrected chi connectivity index (χ0v) is 14.9. The fourth-order valence-electron chi connectivity index (χ4n) is 3.91. The van der Waals surface area contributed by atoms with Crippen LogP contribution in [0.25, 0.3) is 11.3 Å². The molecular weight excluding hydrogens is 336 g/mol. The first-order chi connectivity index (χ1) is 12.0. The highest BCUT2D eigenvalue weighted by Crippen LogP contribution is 2.59. The van der Waals surface area contributed by atoms with E-state index in [-0.39, 0.29) is 17.2 Å². The molecule has 0 bridgehead atoms. The van der Waals surface area contributed by atoms with Crippen molar-refractivity contribution in [3.8, 4) is 11.3 Å². The van der Waals surface area contributed by atoms with Crippen LogP contribution in [-0.2, 0) is 4.79 Å². The number of hydrogen-bond donors (Lipinski definition) is 1. The number of aliphatic carboxylic acids is 1. The first kappa shape index (κ1) is 16.3. The third-order valence-electron chi connectivity index (χ3n) is 5.51. The quantitative estimate of drug-likeness (QED) is 0.914. The standard InChI is InChI=1S/C19H20N2O3S/c1-12-20-15(13-5-3-2-4-6-13)16(25-12)17(22)21-9-7-19(8-10-21)11-14(19)18(23)24/h2-6,14H,7-11H2,1H3,(H,23,24). The summed E-state index contributed by atoms with van der Waals surface area (Å²) < 4.78 is 0. The first-order valence-electron chi connectivity index (χ1n) is 8.55. The molecule has 1 aliphatic heterocycles. The van der Waals surface area contributed by atoms with E-state index in [1.54, 1.807) is 0 Å². The molecule has 1 saturated carbocycles. The van der Waals surface area contributed by atoms with Crippen molar-refractivity contribution in [2.24, 2.45) is 11.3 Å². The minimum atomic E-state index is -0.691. The maximum absolute atomic E-state index is 13.0. The van der Waals surface area contributed by atoms with E-state index in [0.29, 0.717) is 18.0 Å². The molecule has 1 aromatic carbocycles. The molecule has 0 radical (unpaired) electrons. The normalized spacial score (nSPS) is 21.3. The molecule has 130 valence electrons. The number of amides is 1. The lowest BCUT2D eigenvalue weighted by Gasteiger charge is -2.32. The number of carboxylic acids is 1. The number of benzene rings is 1. The SMILES string of the molecule is Cc1nc(-c2ccccc2)c(C(=O)N2CCC3(CC2)CC3C(=O)O)s1. The van der Waals surface area contributed by atoms with Crippen LogP contribution in [0.2, 0.25) is 0 Å². The Balaban J connectivity index is 1.52. The zero-order valence-electron chi connectivity index (χ0n) is 14.1. The predicted octanol–water partition coefficient (Wildman–Crippen LogP) is 3.45. The van der Waals surface area contributed by atoms with Crippen molar-refractivity contribution < 1.29 is 14.7 Å². The lowest BCUT2D eigenvalue weighted by molar-refractivity contribution is -0.139. The number of rotatable bonds is 3. The fourth-order valence-corrected chi connectivity index (χ4v) is 4.82. The van der Waals surface area contributed by atoms with E-state index in [1.807, 2.05) is 42.2 Å². The summed E-state index contributed by atoms with van der Waals surface area (Å²) in [5.41, 5.74) is 1.65. The molecule has 1 aliphatic carbocycles. The number of hydrogen-bond acceptors (Lipinski definition) is 4. The van der Waals surface area contributed by atoms with Crippen molar-refractivity contribution in [3.05, 3.63) is 40.2 Å². The maximum Gasteiger partial charge on any atom is 0.307 e. The van der Waals surface area contributed by atoms with Crippen LogP contribution in [0.3, 0.4) is 0 Å². The second-order valence-corrected chi connectivity index (χ2v) is 8.23. The second kappa shape index (κ2) is 5.95. The molecule has 1 spiro atoms. The Bertz CT molecular complexity index is 822. The van der Waals surface area contributed by atoms with E-state index in [0.717, 1.165) is 35.5 Å². The van der Waals surface area contributed by atoms with Crippen LogP contribution in [0.5, 0.6) is 0 Å². The zero-order chi connectivity index (χ0) is 17.6. The van der Waals surface area contributed by atoms with Crippen molar-refractivity contribution in [1.82, 2.24) is 9.88 Å². The summed E-state index contributed by atoms with van der Waals surface area (Å²) in [7, 11) is 0. The third kappa shape index (κ3) is 2.84. The molecular formula is C19H20N2O3S. The number of carboxylic acid groups (broad SMARTS) is 1. The minimum absolute atomic E-state index is 0.0202. The largest absolute Gasteiger partial charge is 0.481 e. The number of piperidine rings is 1. The van der Waals surface area contributed by atoms with Gasteiger partial charge in [-0.05, 0) is 31.6 Å². The van der Waals surface area contributed by atoms with Gasteiger partial charge in [-0.3, -0.25) is 9.59 Å². The molecule has 2 aromatic rings. The van der Waals surface area contributed by atoms with Gasteiger partial charge in [0.15, 0.2) is 0 Å². The van der Waals surface area contributed by atoms with Crippen molar-refractivity contribution in [1.29, 1.82) is 0 Å². The number of likely N-dealkylation sites (tertiary alicyclic amines) is 1. The summed E-state index contributed by atoms with van der Waals surface area (Å²) in [6.45, 7) is 3.18. The smallest absolute Gasteiger partial charge is 0.307 e. The van der Waals surface area contributed by atoms with E-state index in [2.05, 4.69) is 4.98 Å².